The second-order valence-electron chi connectivity index (χ2n) is 7.26. The van der Waals surface area contributed by atoms with E-state index in [1.807, 2.05) is 0 Å². The van der Waals surface area contributed by atoms with E-state index < -0.39 is 0 Å². The van der Waals surface area contributed by atoms with Crippen LogP contribution in [0.1, 0.15) is 76.7 Å². The number of unbranched alkanes of at least 4 members (excludes halogenated alkanes) is 8. The molecule has 0 aliphatic rings. The van der Waals surface area contributed by atoms with Crippen molar-refractivity contribution in [3.05, 3.63) is 23.8 Å². The number of methoxy groups -OCH3 is 2. The number of amides is 2. The van der Waals surface area contributed by atoms with Gasteiger partial charge < -0.3 is 14.8 Å². The van der Waals surface area contributed by atoms with Gasteiger partial charge in [-0.1, -0.05) is 58.3 Å². The highest BCUT2D eigenvalue weighted by atomic mass is 16.5. The van der Waals surface area contributed by atoms with Crippen LogP contribution in [-0.2, 0) is 9.59 Å². The zero-order valence-corrected chi connectivity index (χ0v) is 18.7. The molecule has 7 heteroatoms. The van der Waals surface area contributed by atoms with Crippen LogP contribution >= 0.6 is 0 Å². The highest BCUT2D eigenvalue weighted by Gasteiger charge is 2.06. The van der Waals surface area contributed by atoms with Crippen LogP contribution < -0.4 is 20.2 Å². The molecule has 0 unspecified atom stereocenters. The van der Waals surface area contributed by atoms with Gasteiger partial charge in [0.25, 0.3) is 5.91 Å². The maximum atomic E-state index is 11.8. The Hall–Kier alpha value is -2.57. The molecule has 1 rings (SSSR count). The quantitative estimate of drug-likeness (QED) is 0.239. The Morgan fingerprint density at radius 3 is 2.23 bits per heavy atom. The summed E-state index contributed by atoms with van der Waals surface area (Å²) in [7, 11) is 3.13. The van der Waals surface area contributed by atoms with E-state index in [0.29, 0.717) is 23.5 Å². The molecule has 1 aromatic carbocycles. The number of carbonyl (C=O) groups is 2. The summed E-state index contributed by atoms with van der Waals surface area (Å²) < 4.78 is 10.4. The molecule has 0 aliphatic heterocycles. The summed E-state index contributed by atoms with van der Waals surface area (Å²) in [6.45, 7) is 2.13. The van der Waals surface area contributed by atoms with Gasteiger partial charge in [0.05, 0.1) is 27.0 Å². The molecule has 2 amide bonds. The predicted octanol–water partition coefficient (Wildman–Crippen LogP) is 4.19. The third kappa shape index (κ3) is 11.4. The van der Waals surface area contributed by atoms with Gasteiger partial charge >= 0.3 is 0 Å². The molecule has 0 bridgehead atoms. The summed E-state index contributed by atoms with van der Waals surface area (Å²) in [5.41, 5.74) is 3.07. The molecule has 0 radical (unpaired) electrons. The fourth-order valence-corrected chi connectivity index (χ4v) is 3.02. The molecule has 0 aliphatic carbocycles. The number of hydrogen-bond donors (Lipinski definition) is 2. The second kappa shape index (κ2) is 16.3. The van der Waals surface area contributed by atoms with Crippen LogP contribution in [0.5, 0.6) is 11.5 Å². The van der Waals surface area contributed by atoms with E-state index in [1.54, 1.807) is 32.4 Å². The third-order valence-corrected chi connectivity index (χ3v) is 4.78. The zero-order valence-electron chi connectivity index (χ0n) is 18.7. The number of hydrogen-bond acceptors (Lipinski definition) is 5. The lowest BCUT2D eigenvalue weighted by molar-refractivity contribution is -0.126. The van der Waals surface area contributed by atoms with Gasteiger partial charge in [0, 0.05) is 12.0 Å². The summed E-state index contributed by atoms with van der Waals surface area (Å²) in [6.07, 6.45) is 12.8. The van der Waals surface area contributed by atoms with E-state index in [1.165, 1.54) is 51.2 Å². The van der Waals surface area contributed by atoms with E-state index >= 15 is 0 Å². The topological polar surface area (TPSA) is 89.0 Å². The lowest BCUT2D eigenvalue weighted by Gasteiger charge is -2.07. The summed E-state index contributed by atoms with van der Waals surface area (Å²) in [5, 5.41) is 6.54. The van der Waals surface area contributed by atoms with Crippen molar-refractivity contribution in [3.63, 3.8) is 0 Å². The second-order valence-corrected chi connectivity index (χ2v) is 7.26. The Kier molecular flexibility index (Phi) is 13.8. The van der Waals surface area contributed by atoms with Gasteiger partial charge in [-0.05, 0) is 24.6 Å². The average Bonchev–Trinajstić information content (AvgIpc) is 2.76. The van der Waals surface area contributed by atoms with Gasteiger partial charge in [-0.2, -0.15) is 5.10 Å². The van der Waals surface area contributed by atoms with E-state index in [0.717, 1.165) is 12.8 Å². The first-order valence-corrected chi connectivity index (χ1v) is 10.9. The van der Waals surface area contributed by atoms with E-state index in [-0.39, 0.29) is 18.4 Å². The van der Waals surface area contributed by atoms with Gasteiger partial charge in [-0.15, -0.1) is 0 Å². The van der Waals surface area contributed by atoms with Crippen LogP contribution in [0, 0.1) is 0 Å². The van der Waals surface area contributed by atoms with Crippen molar-refractivity contribution in [2.45, 2.75) is 71.1 Å². The molecular formula is C23H37N3O4. The molecule has 30 heavy (non-hydrogen) atoms. The van der Waals surface area contributed by atoms with E-state index in [4.69, 9.17) is 9.47 Å². The number of carbonyl (C=O) groups excluding carboxylic acids is 2. The normalized spacial score (nSPS) is 10.8. The molecule has 168 valence electrons. The summed E-state index contributed by atoms with van der Waals surface area (Å²) in [5.74, 6) is 0.787. The lowest BCUT2D eigenvalue weighted by Crippen LogP contribution is -2.34. The molecule has 0 saturated carbocycles. The van der Waals surface area contributed by atoms with Crippen molar-refractivity contribution in [1.29, 1.82) is 0 Å². The number of ether oxygens (including phenoxy) is 2. The van der Waals surface area contributed by atoms with Crippen LogP contribution in [0.25, 0.3) is 0 Å². The predicted molar refractivity (Wildman–Crippen MR) is 120 cm³/mol. The summed E-state index contributed by atoms with van der Waals surface area (Å²) >= 11 is 0. The van der Waals surface area contributed by atoms with Gasteiger partial charge in [0.1, 0.15) is 11.5 Å². The monoisotopic (exact) mass is 419 g/mol. The number of nitrogens with zero attached hydrogens (tertiary/aromatic N) is 1. The molecular weight excluding hydrogens is 382 g/mol. The molecule has 0 atom stereocenters. The first-order chi connectivity index (χ1) is 14.6. The van der Waals surface area contributed by atoms with Crippen LogP contribution in [0.2, 0.25) is 0 Å². The Labute approximate surface area is 180 Å². The van der Waals surface area contributed by atoms with Crippen molar-refractivity contribution in [2.24, 2.45) is 5.10 Å². The summed E-state index contributed by atoms with van der Waals surface area (Å²) in [6, 6.07) is 5.29. The smallest absolute Gasteiger partial charge is 0.259 e. The molecule has 0 aromatic heterocycles. The summed E-state index contributed by atoms with van der Waals surface area (Å²) in [4.78, 5) is 23.7. The first-order valence-electron chi connectivity index (χ1n) is 10.9. The largest absolute Gasteiger partial charge is 0.497 e. The number of hydrazone groups is 1. The molecule has 0 saturated heterocycles. The van der Waals surface area contributed by atoms with E-state index in [9.17, 15) is 9.59 Å². The van der Waals surface area contributed by atoms with Crippen molar-refractivity contribution in [1.82, 2.24) is 10.7 Å². The Bertz CT molecular complexity index is 662. The van der Waals surface area contributed by atoms with Crippen molar-refractivity contribution >= 4 is 18.0 Å². The fraction of sp³-hybridized carbons (Fsp3) is 0.609. The average molecular weight is 420 g/mol. The number of benzene rings is 1. The minimum absolute atomic E-state index is 0.0944. The Balaban J connectivity index is 2.16. The Morgan fingerprint density at radius 2 is 1.60 bits per heavy atom. The van der Waals surface area contributed by atoms with Gasteiger partial charge in [0.15, 0.2) is 0 Å². The highest BCUT2D eigenvalue weighted by molar-refractivity contribution is 5.87. The maximum Gasteiger partial charge on any atom is 0.259 e. The molecule has 1 aromatic rings. The minimum Gasteiger partial charge on any atom is -0.497 e. The molecule has 0 spiro atoms. The Morgan fingerprint density at radius 1 is 0.933 bits per heavy atom. The van der Waals surface area contributed by atoms with Crippen molar-refractivity contribution < 1.29 is 19.1 Å². The van der Waals surface area contributed by atoms with Crippen LogP contribution in [0.3, 0.4) is 0 Å². The molecule has 0 heterocycles. The number of rotatable bonds is 16. The first kappa shape index (κ1) is 25.5. The zero-order chi connectivity index (χ0) is 22.0. The number of nitrogens with one attached hydrogen (secondary N) is 2. The van der Waals surface area contributed by atoms with Crippen molar-refractivity contribution in [2.75, 3.05) is 20.8 Å². The van der Waals surface area contributed by atoms with Gasteiger partial charge in [-0.3, -0.25) is 9.59 Å². The van der Waals surface area contributed by atoms with Gasteiger partial charge in [0.2, 0.25) is 5.91 Å². The van der Waals surface area contributed by atoms with Gasteiger partial charge in [-0.25, -0.2) is 5.43 Å². The molecule has 7 nitrogen and oxygen atoms in total. The highest BCUT2D eigenvalue weighted by Crippen LogP contribution is 2.22. The maximum absolute atomic E-state index is 11.8. The van der Waals surface area contributed by atoms with Crippen molar-refractivity contribution in [3.8, 4) is 11.5 Å². The standard InChI is InChI=1S/C23H37N3O4/c1-4-5-6-7-8-9-10-11-12-13-22(27)24-18-23(28)26-25-17-19-16-20(29-2)14-15-21(19)30-3/h14-17H,4-13,18H2,1-3H3,(H,24,27)(H,26,28)/b25-17-. The fourth-order valence-electron chi connectivity index (χ4n) is 3.02. The molecule has 0 fully saturated rings. The van der Waals surface area contributed by atoms with Crippen LogP contribution in [0.4, 0.5) is 0 Å². The van der Waals surface area contributed by atoms with Crippen LogP contribution in [0.15, 0.2) is 23.3 Å². The van der Waals surface area contributed by atoms with Crippen LogP contribution in [-0.4, -0.2) is 38.8 Å². The SMILES string of the molecule is CCCCCCCCCCCC(=O)NCC(=O)N/N=C\c1cc(OC)ccc1OC. The van der Waals surface area contributed by atoms with E-state index in [2.05, 4.69) is 22.8 Å². The molecule has 2 N–H and O–H groups in total. The third-order valence-electron chi connectivity index (χ3n) is 4.78. The lowest BCUT2D eigenvalue weighted by atomic mass is 10.1. The minimum atomic E-state index is -0.381.